The lowest BCUT2D eigenvalue weighted by atomic mass is 10.0. The van der Waals surface area contributed by atoms with E-state index in [0.717, 1.165) is 0 Å². The van der Waals surface area contributed by atoms with Crippen LogP contribution in [-0.4, -0.2) is 135 Å². The van der Waals surface area contributed by atoms with Gasteiger partial charge in [-0.1, -0.05) is 30.3 Å². The number of amides is 8. The summed E-state index contributed by atoms with van der Waals surface area (Å²) in [6.07, 6.45) is -2.70. The minimum absolute atomic E-state index is 0.0387. The van der Waals surface area contributed by atoms with Gasteiger partial charge in [0.05, 0.1) is 25.2 Å². The van der Waals surface area contributed by atoms with Gasteiger partial charge in [-0.2, -0.15) is 0 Å². The number of hydrogen-bond acceptors (Lipinski definition) is 12. The second kappa shape index (κ2) is 21.1. The number of carbonyl (C=O) groups is 9. The SMILES string of the molecule is C[C@H](N)C(=O)N[C@H](C(=O)N[C@@H](Cc1ccccc1)C(=O)N1CCC[C@H]1C(=O)N[C@@H](CC(N)=O)C(=O)N[C@@H](CCC(N)=O)C(=O)N[C@@H](CO)C(=O)O)[C@@H](C)O. The van der Waals surface area contributed by atoms with E-state index in [9.17, 15) is 58.5 Å². The Morgan fingerprint density at radius 2 is 1.39 bits per heavy atom. The van der Waals surface area contributed by atoms with E-state index < -0.39 is 127 Å². The summed E-state index contributed by atoms with van der Waals surface area (Å²) in [7, 11) is 0. The van der Waals surface area contributed by atoms with Gasteiger partial charge in [-0.3, -0.25) is 38.4 Å². The Labute approximate surface area is 310 Å². The highest BCUT2D eigenvalue weighted by Crippen LogP contribution is 2.20. The highest BCUT2D eigenvalue weighted by molar-refractivity contribution is 5.98. The number of rotatable bonds is 21. The molecule has 1 fully saturated rings. The number of likely N-dealkylation sites (tertiary alicyclic amines) is 1. The molecular weight excluding hydrogens is 714 g/mol. The molecule has 0 bridgehead atoms. The number of nitrogens with one attached hydrogen (secondary N) is 5. The predicted octanol–water partition coefficient (Wildman–Crippen LogP) is -5.41. The quantitative estimate of drug-likeness (QED) is 0.0558. The average molecular weight is 764 g/mol. The van der Waals surface area contributed by atoms with E-state index in [-0.39, 0.29) is 19.4 Å². The Kier molecular flexibility index (Phi) is 17.4. The lowest BCUT2D eigenvalue weighted by Crippen LogP contribution is -2.61. The summed E-state index contributed by atoms with van der Waals surface area (Å²) >= 11 is 0. The Bertz CT molecular complexity index is 1540. The van der Waals surface area contributed by atoms with Crippen molar-refractivity contribution in [2.75, 3.05) is 13.2 Å². The average Bonchev–Trinajstić information content (AvgIpc) is 3.60. The van der Waals surface area contributed by atoms with Crippen LogP contribution in [0.15, 0.2) is 30.3 Å². The van der Waals surface area contributed by atoms with Gasteiger partial charge in [0.15, 0.2) is 0 Å². The van der Waals surface area contributed by atoms with Crippen LogP contribution < -0.4 is 43.8 Å². The van der Waals surface area contributed by atoms with E-state index >= 15 is 0 Å². The van der Waals surface area contributed by atoms with Gasteiger partial charge in [0.2, 0.25) is 47.3 Å². The van der Waals surface area contributed by atoms with Crippen molar-refractivity contribution in [2.45, 2.75) is 101 Å². The molecule has 0 saturated carbocycles. The molecule has 1 aliphatic rings. The monoisotopic (exact) mass is 763 g/mol. The number of nitrogens with zero attached hydrogens (tertiary/aromatic N) is 1. The van der Waals surface area contributed by atoms with Crippen molar-refractivity contribution in [2.24, 2.45) is 17.2 Å². The van der Waals surface area contributed by atoms with Gasteiger partial charge in [0, 0.05) is 19.4 Å². The number of nitrogens with two attached hydrogens (primary N) is 3. The zero-order valence-electron chi connectivity index (χ0n) is 29.9. The molecule has 0 radical (unpaired) electrons. The fourth-order valence-electron chi connectivity index (χ4n) is 5.47. The molecule has 1 aromatic carbocycles. The third-order valence-corrected chi connectivity index (χ3v) is 8.36. The van der Waals surface area contributed by atoms with Crippen molar-refractivity contribution >= 4 is 53.2 Å². The first-order chi connectivity index (χ1) is 25.4. The van der Waals surface area contributed by atoms with Crippen molar-refractivity contribution in [3.63, 3.8) is 0 Å². The molecule has 0 spiro atoms. The summed E-state index contributed by atoms with van der Waals surface area (Å²) in [5, 5.41) is 40.3. The van der Waals surface area contributed by atoms with Crippen molar-refractivity contribution in [1.82, 2.24) is 31.5 Å². The third-order valence-electron chi connectivity index (χ3n) is 8.36. The fraction of sp³-hybridized carbons (Fsp3) is 0.545. The Morgan fingerprint density at radius 1 is 0.796 bits per heavy atom. The van der Waals surface area contributed by atoms with Crippen LogP contribution in [0.2, 0.25) is 0 Å². The first-order valence-electron chi connectivity index (χ1n) is 17.1. The largest absolute Gasteiger partial charge is 0.480 e. The summed E-state index contributed by atoms with van der Waals surface area (Å²) in [5.74, 6) is -9.03. The van der Waals surface area contributed by atoms with Crippen LogP contribution in [0.4, 0.5) is 0 Å². The topological polar surface area (TPSA) is 356 Å². The van der Waals surface area contributed by atoms with E-state index in [1.165, 1.54) is 18.7 Å². The number of hydrogen-bond donors (Lipinski definition) is 11. The number of aliphatic hydroxyl groups excluding tert-OH is 2. The number of benzene rings is 1. The highest BCUT2D eigenvalue weighted by Gasteiger charge is 2.40. The second-order valence-corrected chi connectivity index (χ2v) is 12.8. The summed E-state index contributed by atoms with van der Waals surface area (Å²) in [6.45, 7) is 1.67. The van der Waals surface area contributed by atoms with Gasteiger partial charge in [-0.15, -0.1) is 0 Å². The molecule has 14 N–H and O–H groups in total. The van der Waals surface area contributed by atoms with Crippen molar-refractivity contribution in [3.8, 4) is 0 Å². The number of carbonyl (C=O) groups excluding carboxylic acids is 8. The van der Waals surface area contributed by atoms with E-state index in [0.29, 0.717) is 12.0 Å². The zero-order valence-corrected chi connectivity index (χ0v) is 29.9. The van der Waals surface area contributed by atoms with Crippen LogP contribution in [0.1, 0.15) is 51.5 Å². The minimum Gasteiger partial charge on any atom is -0.480 e. The van der Waals surface area contributed by atoms with Crippen molar-refractivity contribution in [1.29, 1.82) is 0 Å². The van der Waals surface area contributed by atoms with Crippen molar-refractivity contribution < 1.29 is 58.5 Å². The second-order valence-electron chi connectivity index (χ2n) is 12.8. The summed E-state index contributed by atoms with van der Waals surface area (Å²) < 4.78 is 0. The van der Waals surface area contributed by atoms with Gasteiger partial charge < -0.3 is 64.0 Å². The molecule has 0 aliphatic carbocycles. The van der Waals surface area contributed by atoms with Gasteiger partial charge >= 0.3 is 5.97 Å². The maximum atomic E-state index is 14.1. The van der Waals surface area contributed by atoms with Gasteiger partial charge in [0.1, 0.15) is 36.3 Å². The smallest absolute Gasteiger partial charge is 0.328 e. The summed E-state index contributed by atoms with van der Waals surface area (Å²) in [4.78, 5) is 116. The van der Waals surface area contributed by atoms with Crippen LogP contribution in [0.3, 0.4) is 0 Å². The molecule has 298 valence electrons. The van der Waals surface area contributed by atoms with Crippen LogP contribution in [0.25, 0.3) is 0 Å². The van der Waals surface area contributed by atoms with Crippen LogP contribution >= 0.6 is 0 Å². The van der Waals surface area contributed by atoms with E-state index in [1.54, 1.807) is 30.3 Å². The maximum Gasteiger partial charge on any atom is 0.328 e. The number of carboxylic acids is 1. The first-order valence-corrected chi connectivity index (χ1v) is 17.1. The molecule has 8 amide bonds. The minimum atomic E-state index is -1.76. The Hall–Kier alpha value is -5.67. The molecule has 2 rings (SSSR count). The summed E-state index contributed by atoms with van der Waals surface area (Å²) in [5.41, 5.74) is 16.7. The highest BCUT2D eigenvalue weighted by atomic mass is 16.4. The zero-order chi connectivity index (χ0) is 40.7. The Morgan fingerprint density at radius 3 is 1.93 bits per heavy atom. The van der Waals surface area contributed by atoms with Crippen LogP contribution in [-0.2, 0) is 49.6 Å². The number of aliphatic carboxylic acids is 1. The van der Waals surface area contributed by atoms with E-state index in [4.69, 9.17) is 17.2 Å². The molecule has 0 unspecified atom stereocenters. The molecule has 21 heteroatoms. The fourth-order valence-corrected chi connectivity index (χ4v) is 5.47. The van der Waals surface area contributed by atoms with Gasteiger partial charge in [0.25, 0.3) is 0 Å². The molecule has 1 saturated heterocycles. The number of carboxylic acid groups (broad SMARTS) is 1. The third kappa shape index (κ3) is 13.7. The van der Waals surface area contributed by atoms with Crippen LogP contribution in [0.5, 0.6) is 0 Å². The number of primary amides is 2. The van der Waals surface area contributed by atoms with E-state index in [2.05, 4.69) is 21.3 Å². The maximum absolute atomic E-state index is 14.1. The summed E-state index contributed by atoms with van der Waals surface area (Å²) in [6, 6.07) is -1.61. The lowest BCUT2D eigenvalue weighted by Gasteiger charge is -2.31. The lowest BCUT2D eigenvalue weighted by molar-refractivity contribution is -0.144. The molecule has 21 nitrogen and oxygen atoms in total. The standard InChI is InChI=1S/C33H49N9O12/c1-16(34)27(47)41-26(17(2)44)31(51)39-21(13-18-7-4-3-5-8-18)32(52)42-12-6-9-23(42)30(50)38-20(14-25(36)46)29(49)37-19(10-11-24(35)45)28(48)40-22(15-43)33(53)54/h3-5,7-8,16-17,19-23,26,43-44H,6,9-15,34H2,1-2H3,(H2,35,45)(H2,36,46)(H,37,49)(H,38,50)(H,39,51)(H,40,48)(H,41,47)(H,53,54)/t16-,17+,19-,20-,21-,22-,23-,26-/m0/s1. The molecule has 1 aliphatic heterocycles. The molecule has 8 atom stereocenters. The normalized spacial score (nSPS) is 17.6. The molecule has 1 heterocycles. The van der Waals surface area contributed by atoms with Gasteiger partial charge in [-0.05, 0) is 38.7 Å². The molecular formula is C33H49N9O12. The van der Waals surface area contributed by atoms with Crippen molar-refractivity contribution in [3.05, 3.63) is 35.9 Å². The van der Waals surface area contributed by atoms with Gasteiger partial charge in [-0.25, -0.2) is 4.79 Å². The molecule has 1 aromatic rings. The predicted molar refractivity (Wildman–Crippen MR) is 187 cm³/mol. The first kappa shape index (κ1) is 44.5. The number of aliphatic hydroxyl groups is 2. The van der Waals surface area contributed by atoms with Crippen LogP contribution in [0, 0.1) is 0 Å². The molecule has 0 aromatic heterocycles. The Balaban J connectivity index is 2.34. The van der Waals surface area contributed by atoms with E-state index in [1.807, 2.05) is 5.32 Å². The molecule has 54 heavy (non-hydrogen) atoms.